The first-order chi connectivity index (χ1) is 15.9. The summed E-state index contributed by atoms with van der Waals surface area (Å²) in [5.41, 5.74) is 1.21. The van der Waals surface area contributed by atoms with Gasteiger partial charge in [0.1, 0.15) is 25.5 Å². The van der Waals surface area contributed by atoms with Crippen LogP contribution in [0.25, 0.3) is 0 Å². The number of esters is 1. The van der Waals surface area contributed by atoms with E-state index in [2.05, 4.69) is 6.92 Å². The Labute approximate surface area is 197 Å². The fourth-order valence-electron chi connectivity index (χ4n) is 3.35. The van der Waals surface area contributed by atoms with Gasteiger partial charge in [0.05, 0.1) is 11.1 Å². The number of carbonyl (C=O) groups excluding carboxylic acids is 4. The van der Waals surface area contributed by atoms with E-state index in [9.17, 15) is 19.2 Å². The normalized spacial score (nSPS) is 13.6. The predicted molar refractivity (Wildman–Crippen MR) is 126 cm³/mol. The summed E-state index contributed by atoms with van der Waals surface area (Å²) in [6.45, 7) is 3.68. The van der Waals surface area contributed by atoms with Crippen molar-refractivity contribution in [3.8, 4) is 5.75 Å². The third-order valence-corrected chi connectivity index (χ3v) is 6.52. The largest absolute Gasteiger partial charge is 0.490 e. The van der Waals surface area contributed by atoms with E-state index in [1.54, 1.807) is 60.3 Å². The minimum Gasteiger partial charge on any atom is -0.490 e. The number of rotatable bonds is 12. The average molecular weight is 470 g/mol. The molecule has 3 rings (SSSR count). The first kappa shape index (κ1) is 24.5. The molecule has 1 heterocycles. The smallest absolute Gasteiger partial charge is 0.326 e. The fourth-order valence-corrected chi connectivity index (χ4v) is 4.31. The molecule has 0 aromatic heterocycles. The van der Waals surface area contributed by atoms with Gasteiger partial charge in [-0.05, 0) is 48.6 Å². The Hall–Kier alpha value is -3.13. The number of nitrogens with zero attached hydrogens (tertiary/aromatic N) is 1. The number of fused-ring (bicyclic) bond motifs is 1. The number of amides is 2. The van der Waals surface area contributed by atoms with Crippen LogP contribution in [0.4, 0.5) is 0 Å². The number of hydrogen-bond donors (Lipinski definition) is 0. The van der Waals surface area contributed by atoms with E-state index in [-0.39, 0.29) is 36.0 Å². The molecule has 2 amide bonds. The van der Waals surface area contributed by atoms with Gasteiger partial charge < -0.3 is 9.47 Å². The molecule has 0 N–H and O–H groups in total. The maximum atomic E-state index is 12.5. The molecule has 0 aliphatic carbocycles. The number of imide groups is 1. The van der Waals surface area contributed by atoms with E-state index in [0.29, 0.717) is 11.3 Å². The second-order valence-corrected chi connectivity index (χ2v) is 8.83. The number of hydrogen-bond acceptors (Lipinski definition) is 7. The highest BCUT2D eigenvalue weighted by Gasteiger charge is 2.36. The van der Waals surface area contributed by atoms with Crippen LogP contribution in [0, 0.1) is 5.92 Å². The van der Waals surface area contributed by atoms with Crippen molar-refractivity contribution in [2.45, 2.75) is 20.3 Å². The molecule has 2 aromatic rings. The van der Waals surface area contributed by atoms with Gasteiger partial charge in [-0.25, -0.2) is 0 Å². The molecule has 2 aromatic carbocycles. The van der Waals surface area contributed by atoms with E-state index >= 15 is 0 Å². The molecule has 33 heavy (non-hydrogen) atoms. The minimum atomic E-state index is -0.691. The first-order valence-electron chi connectivity index (χ1n) is 10.9. The van der Waals surface area contributed by atoms with Gasteiger partial charge in [0.15, 0.2) is 5.78 Å². The van der Waals surface area contributed by atoms with Crippen molar-refractivity contribution in [1.29, 1.82) is 0 Å². The van der Waals surface area contributed by atoms with Crippen LogP contribution in [0.1, 0.15) is 51.3 Å². The fraction of sp³-hybridized carbons (Fsp3) is 0.360. The van der Waals surface area contributed by atoms with E-state index in [1.807, 2.05) is 6.92 Å². The molecular weight excluding hydrogens is 442 g/mol. The molecule has 1 atom stereocenters. The van der Waals surface area contributed by atoms with Crippen molar-refractivity contribution in [1.82, 2.24) is 4.90 Å². The van der Waals surface area contributed by atoms with Crippen LogP contribution >= 0.6 is 11.8 Å². The molecule has 1 aliphatic heterocycles. The van der Waals surface area contributed by atoms with E-state index in [4.69, 9.17) is 9.47 Å². The summed E-state index contributed by atoms with van der Waals surface area (Å²) < 4.78 is 10.6. The van der Waals surface area contributed by atoms with Crippen LogP contribution in [-0.2, 0) is 9.53 Å². The Balaban J connectivity index is 1.39. The van der Waals surface area contributed by atoms with Crippen molar-refractivity contribution in [2.75, 3.05) is 31.3 Å². The summed E-state index contributed by atoms with van der Waals surface area (Å²) in [5, 5.41) is 0. The van der Waals surface area contributed by atoms with Crippen molar-refractivity contribution < 1.29 is 28.7 Å². The number of ether oxygens (including phenoxy) is 2. The highest BCUT2D eigenvalue weighted by Crippen LogP contribution is 2.22. The lowest BCUT2D eigenvalue weighted by molar-refractivity contribution is -0.144. The molecule has 1 unspecified atom stereocenters. The van der Waals surface area contributed by atoms with Gasteiger partial charge in [-0.3, -0.25) is 24.1 Å². The highest BCUT2D eigenvalue weighted by atomic mass is 32.2. The molecule has 0 saturated heterocycles. The zero-order valence-corrected chi connectivity index (χ0v) is 19.6. The summed E-state index contributed by atoms with van der Waals surface area (Å²) in [7, 11) is 0. The summed E-state index contributed by atoms with van der Waals surface area (Å²) >= 11 is 1.78. The second-order valence-electron chi connectivity index (χ2n) is 7.68. The highest BCUT2D eigenvalue weighted by molar-refractivity contribution is 7.99. The van der Waals surface area contributed by atoms with Crippen LogP contribution in [0.2, 0.25) is 0 Å². The molecule has 0 radical (unpaired) electrons. The van der Waals surface area contributed by atoms with Crippen LogP contribution in [0.5, 0.6) is 5.75 Å². The summed E-state index contributed by atoms with van der Waals surface area (Å²) in [6.07, 6.45) is 1.09. The number of ketones is 1. The van der Waals surface area contributed by atoms with Gasteiger partial charge in [0, 0.05) is 17.2 Å². The van der Waals surface area contributed by atoms with Crippen molar-refractivity contribution in [2.24, 2.45) is 5.92 Å². The van der Waals surface area contributed by atoms with Crippen LogP contribution in [0.15, 0.2) is 48.5 Å². The van der Waals surface area contributed by atoms with Crippen molar-refractivity contribution in [3.63, 3.8) is 0 Å². The predicted octanol–water partition coefficient (Wildman–Crippen LogP) is 3.87. The monoisotopic (exact) mass is 469 g/mol. The summed E-state index contributed by atoms with van der Waals surface area (Å²) in [5.74, 6) is 0.764. The molecule has 7 nitrogen and oxygen atoms in total. The number of Topliss-reactive ketones (excluding diaryl/α,β-unsaturated/α-hetero) is 1. The Morgan fingerprint density at radius 1 is 0.970 bits per heavy atom. The molecular formula is C25H27NO6S. The summed E-state index contributed by atoms with van der Waals surface area (Å²) in [4.78, 5) is 50.0. The summed E-state index contributed by atoms with van der Waals surface area (Å²) in [6, 6.07) is 13.3. The van der Waals surface area contributed by atoms with Gasteiger partial charge in [-0.15, -0.1) is 0 Å². The Morgan fingerprint density at radius 2 is 1.61 bits per heavy atom. The quantitative estimate of drug-likeness (QED) is 0.202. The molecule has 1 aliphatic rings. The Morgan fingerprint density at radius 3 is 2.21 bits per heavy atom. The molecule has 0 fully saturated rings. The van der Waals surface area contributed by atoms with Crippen LogP contribution in [0.3, 0.4) is 0 Å². The zero-order chi connectivity index (χ0) is 23.8. The molecule has 0 bridgehead atoms. The lowest BCUT2D eigenvalue weighted by atomic mass is 10.0. The van der Waals surface area contributed by atoms with Crippen LogP contribution in [-0.4, -0.2) is 59.7 Å². The van der Waals surface area contributed by atoms with Gasteiger partial charge in [0.25, 0.3) is 11.8 Å². The first-order valence-corrected chi connectivity index (χ1v) is 12.0. The number of benzene rings is 2. The van der Waals surface area contributed by atoms with Crippen LogP contribution < -0.4 is 4.74 Å². The lowest BCUT2D eigenvalue weighted by Crippen LogP contribution is -2.36. The van der Waals surface area contributed by atoms with Gasteiger partial charge >= 0.3 is 5.97 Å². The topological polar surface area (TPSA) is 90.0 Å². The van der Waals surface area contributed by atoms with Crippen molar-refractivity contribution in [3.05, 3.63) is 65.2 Å². The van der Waals surface area contributed by atoms with E-state index < -0.39 is 24.3 Å². The molecule has 8 heteroatoms. The molecule has 0 spiro atoms. The van der Waals surface area contributed by atoms with Crippen molar-refractivity contribution >= 4 is 35.3 Å². The standard InChI is InChI=1S/C25H27NO6S/c1-3-14-33-16-17(2)23(28)18-8-10-19(11-9-18)31-12-13-32-22(27)15-26-24(29)20-6-4-5-7-21(20)25(26)30/h4-11,17H,3,12-16H2,1-2H3. The SMILES string of the molecule is CCCSCC(C)C(=O)c1ccc(OCCOC(=O)CN2C(=O)c3ccccc3C2=O)cc1. The maximum absolute atomic E-state index is 12.5. The number of carbonyl (C=O) groups is 4. The minimum absolute atomic E-state index is 0.0334. The van der Waals surface area contributed by atoms with Gasteiger partial charge in [0.2, 0.25) is 0 Å². The lowest BCUT2D eigenvalue weighted by Gasteiger charge is -2.13. The number of thioether (sulfide) groups is 1. The zero-order valence-electron chi connectivity index (χ0n) is 18.7. The Bertz CT molecular complexity index is 985. The van der Waals surface area contributed by atoms with E-state index in [1.165, 1.54) is 0 Å². The third-order valence-electron chi connectivity index (χ3n) is 5.08. The van der Waals surface area contributed by atoms with Gasteiger partial charge in [-0.2, -0.15) is 11.8 Å². The molecule has 0 saturated carbocycles. The molecule has 174 valence electrons. The second kappa shape index (κ2) is 11.7. The third kappa shape index (κ3) is 6.22. The van der Waals surface area contributed by atoms with E-state index in [0.717, 1.165) is 22.8 Å². The maximum Gasteiger partial charge on any atom is 0.326 e. The average Bonchev–Trinajstić information content (AvgIpc) is 3.07. The van der Waals surface area contributed by atoms with Gasteiger partial charge in [-0.1, -0.05) is 26.0 Å². The Kier molecular flexibility index (Phi) is 8.65.